The van der Waals surface area contributed by atoms with E-state index in [4.69, 9.17) is 0 Å². The van der Waals surface area contributed by atoms with Gasteiger partial charge in [-0.3, -0.25) is 0 Å². The van der Waals surface area contributed by atoms with Crippen molar-refractivity contribution >= 4 is 89.8 Å². The normalized spacial score (nSPS) is 24.9. The Labute approximate surface area is 377 Å². The summed E-state index contributed by atoms with van der Waals surface area (Å²) in [6, 6.07) is 1.37. The summed E-state index contributed by atoms with van der Waals surface area (Å²) in [5.74, 6) is 2.19. The number of piperazine rings is 4. The summed E-state index contributed by atoms with van der Waals surface area (Å²) < 4.78 is 2.62. The molecule has 0 spiro atoms. The predicted octanol–water partition coefficient (Wildman–Crippen LogP) is 0.342. The molecule has 8 aliphatic rings. The molecule has 0 saturated carbocycles. The number of hydrogen-bond acceptors (Lipinski definition) is 14. The van der Waals surface area contributed by atoms with Gasteiger partial charge in [0.1, 0.15) is 0 Å². The first kappa shape index (κ1) is 42.8. The van der Waals surface area contributed by atoms with E-state index in [0.717, 1.165) is 116 Å². The van der Waals surface area contributed by atoms with E-state index in [2.05, 4.69) is 119 Å². The number of nitrogens with one attached hydrogen (secondary N) is 5. The molecule has 0 aliphatic carbocycles. The molecule has 22 nitrogen and oxygen atoms in total. The van der Waals surface area contributed by atoms with Gasteiger partial charge in [0.05, 0.1) is 37.6 Å². The molecule has 11 heterocycles. The van der Waals surface area contributed by atoms with E-state index in [9.17, 15) is 19.2 Å². The van der Waals surface area contributed by atoms with Gasteiger partial charge in [0.15, 0.2) is 0 Å². The van der Waals surface area contributed by atoms with E-state index in [-0.39, 0.29) is 42.2 Å². The summed E-state index contributed by atoms with van der Waals surface area (Å²) in [7, 11) is 0. The summed E-state index contributed by atoms with van der Waals surface area (Å²) in [6.45, 7) is 12.6. The van der Waals surface area contributed by atoms with Crippen LogP contribution in [0.3, 0.4) is 0 Å². The highest BCUT2D eigenvalue weighted by molar-refractivity contribution is 9.11. The van der Waals surface area contributed by atoms with Gasteiger partial charge in [0, 0.05) is 142 Å². The first-order valence-electron chi connectivity index (χ1n) is 20.2. The summed E-state index contributed by atoms with van der Waals surface area (Å²) >= 11 is 9.95. The highest BCUT2D eigenvalue weighted by Crippen LogP contribution is 2.21. The molecule has 3 aromatic heterocycles. The molecule has 3 aromatic rings. The predicted molar refractivity (Wildman–Crippen MR) is 234 cm³/mol. The molecule has 5 N–H and O–H groups in total. The van der Waals surface area contributed by atoms with Gasteiger partial charge in [-0.15, -0.1) is 0 Å². The molecular weight excluding hydrogens is 988 g/mol. The molecule has 0 radical (unpaired) electrons. The van der Waals surface area contributed by atoms with Gasteiger partial charge in [-0.1, -0.05) is 0 Å². The molecule has 0 aromatic carbocycles. The summed E-state index contributed by atoms with van der Waals surface area (Å²) in [5.41, 5.74) is 0. The van der Waals surface area contributed by atoms with Crippen molar-refractivity contribution in [1.29, 1.82) is 0 Å². The van der Waals surface area contributed by atoms with Crippen LogP contribution in [-0.4, -0.2) is 203 Å². The topological polar surface area (TPSA) is 228 Å². The molecule has 8 fully saturated rings. The lowest BCUT2D eigenvalue weighted by molar-refractivity contribution is 0.191. The SMILES string of the molecule is O=C1NCC2CN(c3ncc(Br)cn3)CCN12.O=C1NCC2CNCCN12.O=C1NC[C@@H]2CN(c3ncc(Br)cn3)CCN12.O=C1NC[C@H]2CN(c3ncc(Br)cn3)CCN12. The number of carbonyl (C=O) groups excluding carboxylic acids is 4. The third-order valence-corrected chi connectivity index (χ3v) is 12.7. The molecule has 25 heteroatoms. The van der Waals surface area contributed by atoms with Crippen molar-refractivity contribution < 1.29 is 19.2 Å². The Bertz CT molecular complexity index is 1830. The van der Waals surface area contributed by atoms with Crippen LogP contribution >= 0.6 is 47.8 Å². The number of rotatable bonds is 3. The highest BCUT2D eigenvalue weighted by atomic mass is 79.9. The van der Waals surface area contributed by atoms with E-state index in [1.165, 1.54) is 0 Å². The fourth-order valence-corrected chi connectivity index (χ4v) is 8.89. The third-order valence-electron chi connectivity index (χ3n) is 11.5. The van der Waals surface area contributed by atoms with Gasteiger partial charge in [-0.25, -0.2) is 49.1 Å². The Morgan fingerprint density at radius 2 is 0.705 bits per heavy atom. The van der Waals surface area contributed by atoms with E-state index < -0.39 is 0 Å². The van der Waals surface area contributed by atoms with E-state index >= 15 is 0 Å². The Morgan fingerprint density at radius 1 is 0.410 bits per heavy atom. The lowest BCUT2D eigenvalue weighted by atomic mass is 10.2. The fraction of sp³-hybridized carbons (Fsp3) is 0.556. The second-order valence-electron chi connectivity index (χ2n) is 15.3. The maximum atomic E-state index is 11.5. The average molecular weight is 1040 g/mol. The molecule has 326 valence electrons. The van der Waals surface area contributed by atoms with Gasteiger partial charge >= 0.3 is 24.1 Å². The van der Waals surface area contributed by atoms with Crippen molar-refractivity contribution in [2.75, 3.05) is 119 Å². The van der Waals surface area contributed by atoms with Gasteiger partial charge in [-0.2, -0.15) is 0 Å². The molecule has 2 unspecified atom stereocenters. The zero-order chi connectivity index (χ0) is 42.5. The number of hydrogen-bond donors (Lipinski definition) is 5. The van der Waals surface area contributed by atoms with E-state index in [1.807, 2.05) is 19.6 Å². The Balaban J connectivity index is 0.000000114. The first-order chi connectivity index (χ1) is 29.6. The number of anilines is 3. The van der Waals surface area contributed by atoms with Crippen LogP contribution in [0.5, 0.6) is 0 Å². The number of nitrogens with zero attached hydrogens (tertiary/aromatic N) is 13. The quantitative estimate of drug-likeness (QED) is 0.239. The fourth-order valence-electron chi connectivity index (χ4n) is 8.28. The van der Waals surface area contributed by atoms with Crippen molar-refractivity contribution in [2.24, 2.45) is 0 Å². The van der Waals surface area contributed by atoms with Crippen molar-refractivity contribution in [1.82, 2.24) is 76.1 Å². The minimum Gasteiger partial charge on any atom is -0.337 e. The number of halogens is 3. The number of aromatic nitrogens is 6. The van der Waals surface area contributed by atoms with Crippen LogP contribution in [-0.2, 0) is 0 Å². The molecule has 8 aliphatic heterocycles. The van der Waals surface area contributed by atoms with Crippen LogP contribution in [0, 0.1) is 0 Å². The third kappa shape index (κ3) is 10.3. The monoisotopic (exact) mass is 1030 g/mol. The zero-order valence-corrected chi connectivity index (χ0v) is 37.9. The second-order valence-corrected chi connectivity index (χ2v) is 18.0. The lowest BCUT2D eigenvalue weighted by Gasteiger charge is -2.36. The molecule has 61 heavy (non-hydrogen) atoms. The maximum absolute atomic E-state index is 11.5. The van der Waals surface area contributed by atoms with E-state index in [0.29, 0.717) is 25.7 Å². The van der Waals surface area contributed by atoms with Gasteiger partial charge in [-0.05, 0) is 47.8 Å². The molecule has 8 amide bonds. The smallest absolute Gasteiger partial charge is 0.317 e. The molecule has 0 bridgehead atoms. The molecule has 8 saturated heterocycles. The van der Waals surface area contributed by atoms with Gasteiger partial charge < -0.3 is 60.9 Å². The maximum Gasteiger partial charge on any atom is 0.317 e. The van der Waals surface area contributed by atoms with Crippen LogP contribution < -0.4 is 41.3 Å². The van der Waals surface area contributed by atoms with Crippen molar-refractivity contribution in [3.63, 3.8) is 0 Å². The van der Waals surface area contributed by atoms with Crippen molar-refractivity contribution in [3.05, 3.63) is 50.6 Å². The largest absolute Gasteiger partial charge is 0.337 e. The minimum absolute atomic E-state index is 0.0476. The van der Waals surface area contributed by atoms with Crippen molar-refractivity contribution in [3.8, 4) is 0 Å². The van der Waals surface area contributed by atoms with Crippen LogP contribution in [0.2, 0.25) is 0 Å². The Hall–Kier alpha value is -4.88. The number of urea groups is 4. The van der Waals surface area contributed by atoms with Gasteiger partial charge in [0.2, 0.25) is 17.8 Å². The van der Waals surface area contributed by atoms with Crippen LogP contribution in [0.15, 0.2) is 50.6 Å². The standard InChI is InChI=1S/3C10H12BrN5O.C6H11N3O/c3*11-7-3-12-9(13-4-7)15-1-2-16-8(6-15)5-14-10(16)17;10-6-8-4-5-3-7-1-2-9(5)6/h3*3-4,8H,1-2,5-6H2,(H,14,17);5,7H,1-4H2,(H,8,10)/t2*8-;;/m10../s1. The highest BCUT2D eigenvalue weighted by Gasteiger charge is 2.38. The van der Waals surface area contributed by atoms with Crippen LogP contribution in [0.25, 0.3) is 0 Å². The molecular formula is C36H47Br3N18O4. The zero-order valence-electron chi connectivity index (χ0n) is 33.2. The number of fused-ring (bicyclic) bond motifs is 4. The lowest BCUT2D eigenvalue weighted by Crippen LogP contribution is -2.52. The summed E-state index contributed by atoms with van der Waals surface area (Å²) in [4.78, 5) is 84.9. The minimum atomic E-state index is 0.0476. The number of carbonyl (C=O) groups is 4. The second kappa shape index (κ2) is 19.4. The average Bonchev–Trinajstić information content (AvgIpc) is 4.07. The Kier molecular flexibility index (Phi) is 13.6. The van der Waals surface area contributed by atoms with Crippen molar-refractivity contribution in [2.45, 2.75) is 24.2 Å². The van der Waals surface area contributed by atoms with Gasteiger partial charge in [0.25, 0.3) is 0 Å². The van der Waals surface area contributed by atoms with Crippen LogP contribution in [0.1, 0.15) is 0 Å². The number of amides is 8. The summed E-state index contributed by atoms with van der Waals surface area (Å²) in [5, 5.41) is 14.6. The first-order valence-corrected chi connectivity index (χ1v) is 22.5. The molecule has 11 rings (SSSR count). The summed E-state index contributed by atoms with van der Waals surface area (Å²) in [6.07, 6.45) is 10.5. The van der Waals surface area contributed by atoms with E-state index in [1.54, 1.807) is 37.2 Å². The Morgan fingerprint density at radius 3 is 1.02 bits per heavy atom. The molecule has 4 atom stereocenters. The van der Waals surface area contributed by atoms with Crippen LogP contribution in [0.4, 0.5) is 37.0 Å².